The Balaban J connectivity index is 1.79. The van der Waals surface area contributed by atoms with E-state index in [2.05, 4.69) is 10.1 Å². The highest BCUT2D eigenvalue weighted by molar-refractivity contribution is 6.05. The van der Waals surface area contributed by atoms with E-state index in [0.29, 0.717) is 30.3 Å². The van der Waals surface area contributed by atoms with Crippen LogP contribution in [0.25, 0.3) is 0 Å². The highest BCUT2D eigenvalue weighted by Gasteiger charge is 2.16. The molecule has 1 aliphatic heterocycles. The highest BCUT2D eigenvalue weighted by atomic mass is 19.3. The van der Waals surface area contributed by atoms with Crippen LogP contribution < -0.4 is 19.5 Å². The largest absolute Gasteiger partial charge is 0.486 e. The number of fused-ring (bicyclic) bond motifs is 1. The van der Waals surface area contributed by atoms with Crippen molar-refractivity contribution in [3.63, 3.8) is 0 Å². The van der Waals surface area contributed by atoms with Gasteiger partial charge in [-0.3, -0.25) is 4.79 Å². The predicted octanol–water partition coefficient (Wildman–Crippen LogP) is 3.31. The topological polar surface area (TPSA) is 56.8 Å². The lowest BCUT2D eigenvalue weighted by Gasteiger charge is -2.19. The summed E-state index contributed by atoms with van der Waals surface area (Å²) >= 11 is 0. The zero-order valence-corrected chi connectivity index (χ0v) is 11.9. The van der Waals surface area contributed by atoms with E-state index in [1.165, 1.54) is 18.2 Å². The van der Waals surface area contributed by atoms with Gasteiger partial charge in [-0.05, 0) is 30.3 Å². The van der Waals surface area contributed by atoms with Crippen LogP contribution in [0.3, 0.4) is 0 Å². The molecule has 0 atom stereocenters. The maximum atomic E-state index is 12.4. The molecule has 120 valence electrons. The number of rotatable bonds is 4. The summed E-state index contributed by atoms with van der Waals surface area (Å²) in [6.07, 6.45) is 0. The van der Waals surface area contributed by atoms with Gasteiger partial charge in [-0.15, -0.1) is 0 Å². The summed E-state index contributed by atoms with van der Waals surface area (Å²) in [7, 11) is 0. The molecule has 1 aliphatic rings. The molecular weight excluding hydrogens is 308 g/mol. The van der Waals surface area contributed by atoms with Gasteiger partial charge in [0.25, 0.3) is 5.91 Å². The van der Waals surface area contributed by atoms with Gasteiger partial charge in [0.15, 0.2) is 11.5 Å². The molecule has 0 radical (unpaired) electrons. The molecule has 7 heteroatoms. The van der Waals surface area contributed by atoms with Gasteiger partial charge in [-0.1, -0.05) is 12.1 Å². The highest BCUT2D eigenvalue weighted by Crippen LogP contribution is 2.31. The number of carbonyl (C=O) groups excluding carboxylic acids is 1. The van der Waals surface area contributed by atoms with Crippen molar-refractivity contribution in [1.29, 1.82) is 0 Å². The summed E-state index contributed by atoms with van der Waals surface area (Å²) in [5, 5.41) is 2.55. The molecule has 0 saturated carbocycles. The molecule has 0 bridgehead atoms. The SMILES string of the molecule is O=C(Nc1ccccc1OC(F)F)c1ccc2c(c1)OCCO2. The number of benzene rings is 2. The van der Waals surface area contributed by atoms with Crippen LogP contribution in [-0.2, 0) is 0 Å². The number of carbonyl (C=O) groups is 1. The summed E-state index contributed by atoms with van der Waals surface area (Å²) in [5.74, 6) is 0.468. The number of alkyl halides is 2. The number of hydrogen-bond donors (Lipinski definition) is 1. The minimum Gasteiger partial charge on any atom is -0.486 e. The number of para-hydroxylation sites is 2. The smallest absolute Gasteiger partial charge is 0.387 e. The van der Waals surface area contributed by atoms with Crippen LogP contribution in [0, 0.1) is 0 Å². The number of nitrogens with one attached hydrogen (secondary N) is 1. The van der Waals surface area contributed by atoms with E-state index in [-0.39, 0.29) is 11.4 Å². The molecule has 0 unspecified atom stereocenters. The van der Waals surface area contributed by atoms with Crippen LogP contribution >= 0.6 is 0 Å². The fraction of sp³-hybridized carbons (Fsp3) is 0.188. The van der Waals surface area contributed by atoms with E-state index in [0.717, 1.165) is 0 Å². The number of halogens is 2. The molecule has 2 aromatic rings. The Kier molecular flexibility index (Phi) is 4.27. The van der Waals surface area contributed by atoms with Gasteiger partial charge in [0.1, 0.15) is 19.0 Å². The molecule has 0 saturated heterocycles. The van der Waals surface area contributed by atoms with Gasteiger partial charge in [-0.2, -0.15) is 8.78 Å². The second-order valence-electron chi connectivity index (χ2n) is 4.69. The Morgan fingerprint density at radius 2 is 1.83 bits per heavy atom. The first kappa shape index (κ1) is 15.1. The quantitative estimate of drug-likeness (QED) is 0.938. The van der Waals surface area contributed by atoms with E-state index in [1.54, 1.807) is 24.3 Å². The van der Waals surface area contributed by atoms with Crippen LogP contribution in [-0.4, -0.2) is 25.7 Å². The monoisotopic (exact) mass is 321 g/mol. The normalized spacial score (nSPS) is 12.8. The fourth-order valence-electron chi connectivity index (χ4n) is 2.15. The molecule has 5 nitrogen and oxygen atoms in total. The zero-order chi connectivity index (χ0) is 16.2. The fourth-order valence-corrected chi connectivity index (χ4v) is 2.15. The first-order chi connectivity index (χ1) is 11.1. The third-order valence-corrected chi connectivity index (χ3v) is 3.16. The number of hydrogen-bond acceptors (Lipinski definition) is 4. The summed E-state index contributed by atoms with van der Waals surface area (Å²) in [5.41, 5.74) is 0.480. The van der Waals surface area contributed by atoms with E-state index in [1.807, 2.05) is 0 Å². The van der Waals surface area contributed by atoms with Crippen molar-refractivity contribution >= 4 is 11.6 Å². The lowest BCUT2D eigenvalue weighted by molar-refractivity contribution is -0.0493. The van der Waals surface area contributed by atoms with E-state index in [9.17, 15) is 13.6 Å². The first-order valence-corrected chi connectivity index (χ1v) is 6.88. The summed E-state index contributed by atoms with van der Waals surface area (Å²) in [4.78, 5) is 12.3. The molecule has 0 aliphatic carbocycles. The van der Waals surface area contributed by atoms with Crippen LogP contribution in [0.15, 0.2) is 42.5 Å². The van der Waals surface area contributed by atoms with E-state index >= 15 is 0 Å². The van der Waals surface area contributed by atoms with Gasteiger partial charge >= 0.3 is 6.61 Å². The summed E-state index contributed by atoms with van der Waals surface area (Å²) in [6, 6.07) is 10.7. The second-order valence-corrected chi connectivity index (χ2v) is 4.69. The zero-order valence-electron chi connectivity index (χ0n) is 11.9. The minimum absolute atomic E-state index is 0.103. The minimum atomic E-state index is -2.97. The third kappa shape index (κ3) is 3.50. The van der Waals surface area contributed by atoms with Crippen molar-refractivity contribution in [2.75, 3.05) is 18.5 Å². The molecule has 0 fully saturated rings. The molecule has 0 spiro atoms. The lowest BCUT2D eigenvalue weighted by atomic mass is 10.1. The molecule has 3 rings (SSSR count). The Morgan fingerprint density at radius 3 is 2.61 bits per heavy atom. The van der Waals surface area contributed by atoms with Crippen LogP contribution in [0.2, 0.25) is 0 Å². The third-order valence-electron chi connectivity index (χ3n) is 3.16. The van der Waals surface area contributed by atoms with Gasteiger partial charge in [-0.25, -0.2) is 0 Å². The number of anilines is 1. The average molecular weight is 321 g/mol. The van der Waals surface area contributed by atoms with Gasteiger partial charge in [0.2, 0.25) is 0 Å². The van der Waals surface area contributed by atoms with Crippen molar-refractivity contribution < 1.29 is 27.8 Å². The second kappa shape index (κ2) is 6.51. The van der Waals surface area contributed by atoms with Crippen molar-refractivity contribution in [1.82, 2.24) is 0 Å². The predicted molar refractivity (Wildman–Crippen MR) is 78.5 cm³/mol. The molecule has 1 N–H and O–H groups in total. The lowest BCUT2D eigenvalue weighted by Crippen LogP contribution is -2.17. The first-order valence-electron chi connectivity index (χ1n) is 6.88. The Hall–Kier alpha value is -2.83. The maximum Gasteiger partial charge on any atom is 0.387 e. The average Bonchev–Trinajstić information content (AvgIpc) is 2.55. The van der Waals surface area contributed by atoms with Crippen molar-refractivity contribution in [2.24, 2.45) is 0 Å². The van der Waals surface area contributed by atoms with Crippen molar-refractivity contribution in [2.45, 2.75) is 6.61 Å². The standard InChI is InChI=1S/C16H13F2NO4/c17-16(18)23-12-4-2-1-3-11(12)19-15(20)10-5-6-13-14(9-10)22-8-7-21-13/h1-6,9,16H,7-8H2,(H,19,20). The Morgan fingerprint density at radius 1 is 1.09 bits per heavy atom. The molecule has 1 amide bonds. The van der Waals surface area contributed by atoms with Crippen LogP contribution in [0.4, 0.5) is 14.5 Å². The summed E-state index contributed by atoms with van der Waals surface area (Å²) < 4.78 is 39.9. The van der Waals surface area contributed by atoms with Crippen LogP contribution in [0.5, 0.6) is 17.2 Å². The molecule has 2 aromatic carbocycles. The Labute approximate surface area is 130 Å². The molecule has 1 heterocycles. The summed E-state index contributed by atoms with van der Waals surface area (Å²) in [6.45, 7) is -2.11. The van der Waals surface area contributed by atoms with Crippen molar-refractivity contribution in [3.8, 4) is 17.2 Å². The molecule has 0 aromatic heterocycles. The molecule has 23 heavy (non-hydrogen) atoms. The van der Waals surface area contributed by atoms with Gasteiger partial charge < -0.3 is 19.5 Å². The van der Waals surface area contributed by atoms with Crippen LogP contribution in [0.1, 0.15) is 10.4 Å². The maximum absolute atomic E-state index is 12.4. The van der Waals surface area contributed by atoms with Crippen molar-refractivity contribution in [3.05, 3.63) is 48.0 Å². The Bertz CT molecular complexity index is 721. The number of amides is 1. The van der Waals surface area contributed by atoms with E-state index < -0.39 is 12.5 Å². The van der Waals surface area contributed by atoms with Gasteiger partial charge in [0, 0.05) is 5.56 Å². The van der Waals surface area contributed by atoms with E-state index in [4.69, 9.17) is 9.47 Å². The van der Waals surface area contributed by atoms with Gasteiger partial charge in [0.05, 0.1) is 5.69 Å². The molecular formula is C16H13F2NO4. The number of ether oxygens (including phenoxy) is 3.